The first kappa shape index (κ1) is 15.4. The molecule has 5 nitrogen and oxygen atoms in total. The second kappa shape index (κ2) is 6.61. The van der Waals surface area contributed by atoms with Crippen LogP contribution in [-0.2, 0) is 6.54 Å². The molecule has 2 rings (SSSR count). The second-order valence-electron chi connectivity index (χ2n) is 5.38. The topological polar surface area (TPSA) is 54.2 Å². The van der Waals surface area contributed by atoms with Gasteiger partial charge in [0.25, 0.3) is 0 Å². The Bertz CT molecular complexity index is 578. The van der Waals surface area contributed by atoms with E-state index in [1.165, 1.54) is 0 Å². The van der Waals surface area contributed by atoms with E-state index in [1.54, 1.807) is 6.26 Å². The summed E-state index contributed by atoms with van der Waals surface area (Å²) >= 11 is 0. The van der Waals surface area contributed by atoms with E-state index in [9.17, 15) is 0 Å². The van der Waals surface area contributed by atoms with Crippen LogP contribution >= 0.6 is 0 Å². The molecule has 0 aliphatic rings. The Morgan fingerprint density at radius 1 is 1.33 bits per heavy atom. The van der Waals surface area contributed by atoms with E-state index < -0.39 is 0 Å². The van der Waals surface area contributed by atoms with Crippen LogP contribution in [-0.4, -0.2) is 23.6 Å². The average Bonchev–Trinajstić information content (AvgIpc) is 2.98. The maximum atomic E-state index is 5.46. The highest BCUT2D eigenvalue weighted by molar-refractivity contribution is 5.58. The Morgan fingerprint density at radius 3 is 2.62 bits per heavy atom. The maximum Gasteiger partial charge on any atom is 0.137 e. The second-order valence-corrected chi connectivity index (χ2v) is 5.38. The molecule has 0 aliphatic heterocycles. The largest absolute Gasteiger partial charge is 0.467 e. The van der Waals surface area contributed by atoms with Crippen LogP contribution in [0.5, 0.6) is 0 Å². The van der Waals surface area contributed by atoms with Crippen molar-refractivity contribution in [1.29, 1.82) is 0 Å². The first-order chi connectivity index (χ1) is 10.1. The number of nitrogens with one attached hydrogen (secondary N) is 1. The highest BCUT2D eigenvalue weighted by Gasteiger charge is 2.17. The lowest BCUT2D eigenvalue weighted by molar-refractivity contribution is 0.502. The first-order valence-electron chi connectivity index (χ1n) is 7.40. The van der Waals surface area contributed by atoms with Gasteiger partial charge in [-0.15, -0.1) is 0 Å². The third-order valence-electron chi connectivity index (χ3n) is 3.50. The van der Waals surface area contributed by atoms with Crippen molar-refractivity contribution < 1.29 is 4.42 Å². The van der Waals surface area contributed by atoms with Gasteiger partial charge in [0, 0.05) is 25.1 Å². The lowest BCUT2D eigenvalue weighted by Crippen LogP contribution is -2.25. The average molecular weight is 288 g/mol. The van der Waals surface area contributed by atoms with Gasteiger partial charge in [-0.25, -0.2) is 9.97 Å². The molecule has 0 atom stereocenters. The van der Waals surface area contributed by atoms with E-state index in [4.69, 9.17) is 9.40 Å². The standard InChI is InChI=1S/C16H24N4O/c1-6-20(10-13-8-7-9-21-13)16-12(4)15(17-5)18-14(19-16)11(2)3/h7-9,11H,6,10H2,1-5H3,(H,17,18,19). The molecule has 0 aliphatic carbocycles. The zero-order valence-corrected chi connectivity index (χ0v) is 13.5. The minimum Gasteiger partial charge on any atom is -0.467 e. The van der Waals surface area contributed by atoms with Gasteiger partial charge in [-0.2, -0.15) is 0 Å². The summed E-state index contributed by atoms with van der Waals surface area (Å²) in [6, 6.07) is 3.90. The fraction of sp³-hybridized carbons (Fsp3) is 0.500. The summed E-state index contributed by atoms with van der Waals surface area (Å²) in [5.74, 6) is 3.95. The third-order valence-corrected chi connectivity index (χ3v) is 3.50. The minimum absolute atomic E-state index is 0.291. The predicted octanol–water partition coefficient (Wildman–Crippen LogP) is 3.57. The monoisotopic (exact) mass is 288 g/mol. The third kappa shape index (κ3) is 3.35. The van der Waals surface area contributed by atoms with E-state index in [-0.39, 0.29) is 0 Å². The molecular formula is C16H24N4O. The molecule has 0 saturated carbocycles. The Labute approximate surface area is 126 Å². The number of anilines is 2. The molecule has 0 spiro atoms. The molecule has 0 bridgehead atoms. The number of furan rings is 1. The van der Waals surface area contributed by atoms with Crippen LogP contribution in [0.2, 0.25) is 0 Å². The zero-order valence-electron chi connectivity index (χ0n) is 13.5. The lowest BCUT2D eigenvalue weighted by atomic mass is 10.2. The van der Waals surface area contributed by atoms with Crippen molar-refractivity contribution in [3.05, 3.63) is 35.5 Å². The molecule has 0 saturated heterocycles. The number of nitrogens with zero attached hydrogens (tertiary/aromatic N) is 3. The van der Waals surface area contributed by atoms with Crippen molar-refractivity contribution in [2.24, 2.45) is 0 Å². The molecule has 0 fully saturated rings. The normalized spacial score (nSPS) is 11.0. The van der Waals surface area contributed by atoms with Crippen molar-refractivity contribution in [2.45, 2.75) is 40.2 Å². The summed E-state index contributed by atoms with van der Waals surface area (Å²) in [6.45, 7) is 9.96. The van der Waals surface area contributed by atoms with Crippen LogP contribution in [0.15, 0.2) is 22.8 Å². The van der Waals surface area contributed by atoms with E-state index in [2.05, 4.69) is 42.9 Å². The minimum atomic E-state index is 0.291. The molecule has 0 radical (unpaired) electrons. The van der Waals surface area contributed by atoms with E-state index in [0.717, 1.165) is 35.3 Å². The molecule has 2 aromatic heterocycles. The molecule has 0 aromatic carbocycles. The lowest BCUT2D eigenvalue weighted by Gasteiger charge is -2.24. The quantitative estimate of drug-likeness (QED) is 0.880. The van der Waals surface area contributed by atoms with Gasteiger partial charge in [0.15, 0.2) is 0 Å². The summed E-state index contributed by atoms with van der Waals surface area (Å²) in [4.78, 5) is 11.6. The predicted molar refractivity (Wildman–Crippen MR) is 85.8 cm³/mol. The van der Waals surface area contributed by atoms with Gasteiger partial charge in [0.05, 0.1) is 12.8 Å². The Balaban J connectivity index is 2.41. The summed E-state index contributed by atoms with van der Waals surface area (Å²) in [5, 5.41) is 3.17. The van der Waals surface area contributed by atoms with Crippen LogP contribution in [0.25, 0.3) is 0 Å². The van der Waals surface area contributed by atoms with Crippen LogP contribution < -0.4 is 10.2 Å². The van der Waals surface area contributed by atoms with Gasteiger partial charge >= 0.3 is 0 Å². The van der Waals surface area contributed by atoms with Gasteiger partial charge in [-0.05, 0) is 26.0 Å². The number of rotatable bonds is 6. The number of hydrogen-bond acceptors (Lipinski definition) is 5. The van der Waals surface area contributed by atoms with Crippen LogP contribution in [0.1, 0.15) is 43.8 Å². The van der Waals surface area contributed by atoms with Crippen LogP contribution in [0, 0.1) is 6.92 Å². The van der Waals surface area contributed by atoms with Crippen molar-refractivity contribution >= 4 is 11.6 Å². The zero-order chi connectivity index (χ0) is 15.4. The van der Waals surface area contributed by atoms with E-state index in [0.29, 0.717) is 12.5 Å². The SMILES string of the molecule is CCN(Cc1ccco1)c1nc(C(C)C)nc(NC)c1C. The van der Waals surface area contributed by atoms with Gasteiger partial charge in [0.2, 0.25) is 0 Å². The molecular weight excluding hydrogens is 264 g/mol. The van der Waals surface area contributed by atoms with Gasteiger partial charge in [0.1, 0.15) is 23.2 Å². The molecule has 1 N–H and O–H groups in total. The number of aromatic nitrogens is 2. The van der Waals surface area contributed by atoms with Crippen molar-refractivity contribution in [3.8, 4) is 0 Å². The fourth-order valence-corrected chi connectivity index (χ4v) is 2.26. The van der Waals surface area contributed by atoms with Gasteiger partial charge in [-0.3, -0.25) is 0 Å². The summed E-state index contributed by atoms with van der Waals surface area (Å²) < 4.78 is 5.46. The smallest absolute Gasteiger partial charge is 0.137 e. The van der Waals surface area contributed by atoms with Crippen LogP contribution in [0.4, 0.5) is 11.6 Å². The Kier molecular flexibility index (Phi) is 4.83. The van der Waals surface area contributed by atoms with Gasteiger partial charge < -0.3 is 14.6 Å². The Morgan fingerprint density at radius 2 is 2.10 bits per heavy atom. The van der Waals surface area contributed by atoms with Crippen molar-refractivity contribution in [2.75, 3.05) is 23.8 Å². The fourth-order valence-electron chi connectivity index (χ4n) is 2.26. The molecule has 5 heteroatoms. The molecule has 2 heterocycles. The molecule has 2 aromatic rings. The maximum absolute atomic E-state index is 5.46. The Hall–Kier alpha value is -2.04. The van der Waals surface area contributed by atoms with E-state index in [1.807, 2.05) is 19.2 Å². The highest BCUT2D eigenvalue weighted by atomic mass is 16.3. The van der Waals surface area contributed by atoms with Crippen LogP contribution in [0.3, 0.4) is 0 Å². The summed E-state index contributed by atoms with van der Waals surface area (Å²) in [7, 11) is 1.89. The summed E-state index contributed by atoms with van der Waals surface area (Å²) in [6.07, 6.45) is 1.70. The molecule has 21 heavy (non-hydrogen) atoms. The van der Waals surface area contributed by atoms with Gasteiger partial charge in [-0.1, -0.05) is 13.8 Å². The molecule has 114 valence electrons. The summed E-state index contributed by atoms with van der Waals surface area (Å²) in [5.41, 5.74) is 1.07. The first-order valence-corrected chi connectivity index (χ1v) is 7.40. The highest BCUT2D eigenvalue weighted by Crippen LogP contribution is 2.27. The van der Waals surface area contributed by atoms with E-state index >= 15 is 0 Å². The molecule has 0 amide bonds. The molecule has 0 unspecified atom stereocenters. The number of hydrogen-bond donors (Lipinski definition) is 1. The van der Waals surface area contributed by atoms with Crippen molar-refractivity contribution in [3.63, 3.8) is 0 Å². The van der Waals surface area contributed by atoms with Crippen molar-refractivity contribution in [1.82, 2.24) is 9.97 Å².